The molecule has 8 aromatic rings. The summed E-state index contributed by atoms with van der Waals surface area (Å²) in [7, 11) is 9.40. The van der Waals surface area contributed by atoms with Gasteiger partial charge in [-0.05, 0) is 94.3 Å². The quantitative estimate of drug-likeness (QED) is 0.0915. The van der Waals surface area contributed by atoms with Gasteiger partial charge in [-0.3, -0.25) is 0 Å². The van der Waals surface area contributed by atoms with Crippen LogP contribution in [0, 0.1) is 18.6 Å². The fraction of sp³-hybridized carbons (Fsp3) is 0. The molecule has 11 heteroatoms. The van der Waals surface area contributed by atoms with E-state index in [9.17, 15) is 0 Å². The average molecular weight is 775 g/mol. The summed E-state index contributed by atoms with van der Waals surface area (Å²) in [5.41, 5.74) is 4.39. The molecule has 4 nitrogen and oxygen atoms in total. The zero-order valence-corrected chi connectivity index (χ0v) is 30.3. The number of rotatable bonds is 0. The first-order chi connectivity index (χ1) is 22.9. The first-order valence-electron chi connectivity index (χ1n) is 14.0. The van der Waals surface area contributed by atoms with Crippen molar-refractivity contribution in [1.82, 2.24) is 19.9 Å². The Hall–Kier alpha value is -3.53. The number of aromatic nitrogens is 4. The van der Waals surface area contributed by atoms with Crippen LogP contribution in [-0.2, 0) is 12.7 Å². The van der Waals surface area contributed by atoms with E-state index in [4.69, 9.17) is 69.3 Å². The number of fused-ring (bicyclic) bond motifs is 4. The van der Waals surface area contributed by atoms with Crippen LogP contribution >= 0.6 is 69.3 Å². The molecule has 0 aliphatic rings. The van der Waals surface area contributed by atoms with Crippen molar-refractivity contribution >= 4 is 113 Å². The van der Waals surface area contributed by atoms with Crippen molar-refractivity contribution < 1.29 is 12.7 Å². The summed E-state index contributed by atoms with van der Waals surface area (Å²) in [6, 6.07) is 48.0. The summed E-state index contributed by atoms with van der Waals surface area (Å²) in [5.74, 6) is 0. The van der Waals surface area contributed by atoms with Crippen LogP contribution in [0.3, 0.4) is 0 Å². The van der Waals surface area contributed by atoms with E-state index in [1.54, 1.807) is 0 Å². The molecule has 47 heavy (non-hydrogen) atoms. The number of halogens is 2. The molecule has 0 saturated carbocycles. The van der Waals surface area contributed by atoms with Crippen LogP contribution in [-0.4, -0.2) is 19.9 Å². The average Bonchev–Trinajstić information content (AvgIpc) is 3.09. The summed E-state index contributed by atoms with van der Waals surface area (Å²) in [5, 5.41) is 4.78. The van der Waals surface area contributed by atoms with Gasteiger partial charge in [0.25, 0.3) is 0 Å². The number of benzene rings is 4. The topological polar surface area (TPSA) is 63.2 Å². The summed E-state index contributed by atoms with van der Waals surface area (Å²) in [6.45, 7) is 0. The second-order valence-electron chi connectivity index (χ2n) is 9.68. The maximum absolute atomic E-state index is 4.98. The fourth-order valence-corrected chi connectivity index (χ4v) is 5.10. The SMILES string of the molecule is S=c1ccc2ccccc2[nH]1.S=c1ccc2ccccc2[nH]1.S=c1ccc2ccccc2[nH]1.S=c1ccc2ccccc2[nH]1.[Cl][Ni][Cl]. The zero-order chi connectivity index (χ0) is 33.4. The van der Waals surface area contributed by atoms with Gasteiger partial charge in [-0.2, -0.15) is 0 Å². The van der Waals surface area contributed by atoms with E-state index in [0.29, 0.717) is 12.7 Å². The molecule has 4 aromatic heterocycles. The number of para-hydroxylation sites is 4. The van der Waals surface area contributed by atoms with E-state index in [1.165, 1.54) is 21.5 Å². The summed E-state index contributed by atoms with van der Waals surface area (Å²) in [4.78, 5) is 12.4. The molecule has 0 saturated heterocycles. The Labute approximate surface area is 307 Å². The third-order valence-corrected chi connectivity index (χ3v) is 7.48. The van der Waals surface area contributed by atoms with Crippen molar-refractivity contribution in [3.05, 3.63) is 164 Å². The van der Waals surface area contributed by atoms with Crippen LogP contribution in [0.1, 0.15) is 0 Å². The van der Waals surface area contributed by atoms with Crippen molar-refractivity contribution in [2.75, 3.05) is 0 Å². The van der Waals surface area contributed by atoms with Gasteiger partial charge in [0.1, 0.15) is 18.6 Å². The van der Waals surface area contributed by atoms with Crippen LogP contribution in [0.4, 0.5) is 0 Å². The third kappa shape index (κ3) is 11.9. The number of nitrogens with one attached hydrogen (secondary N) is 4. The second-order valence-corrected chi connectivity index (χ2v) is 13.1. The predicted molar refractivity (Wildman–Crippen MR) is 208 cm³/mol. The standard InChI is InChI=1S/4C9H7NS.2ClH.Ni/c4*11-9-6-5-7-3-1-2-4-8(7)10-9;;;/h4*1-6H,(H,10,11);2*1H;/q;;;;;;+2/p-2. The first-order valence-corrected chi connectivity index (χ1v) is 18.4. The van der Waals surface area contributed by atoms with Crippen molar-refractivity contribution in [3.8, 4) is 0 Å². The Bertz CT molecular complexity index is 2100. The van der Waals surface area contributed by atoms with Gasteiger partial charge in [-0.1, -0.05) is 122 Å². The summed E-state index contributed by atoms with van der Waals surface area (Å²) in [6.07, 6.45) is 0. The molecule has 0 aliphatic carbocycles. The zero-order valence-electron chi connectivity index (χ0n) is 24.6. The molecule has 0 atom stereocenters. The van der Waals surface area contributed by atoms with Crippen LogP contribution in [0.2, 0.25) is 0 Å². The van der Waals surface area contributed by atoms with Gasteiger partial charge in [0, 0.05) is 22.1 Å². The molecule has 0 fully saturated rings. The third-order valence-electron chi connectivity index (χ3n) is 6.53. The molecular weight excluding hydrogens is 746 g/mol. The van der Waals surface area contributed by atoms with E-state index < -0.39 is 0 Å². The molecule has 0 radical (unpaired) electrons. The van der Waals surface area contributed by atoms with Gasteiger partial charge in [-0.15, -0.1) is 0 Å². The molecule has 4 aromatic carbocycles. The molecule has 0 spiro atoms. The van der Waals surface area contributed by atoms with Gasteiger partial charge < -0.3 is 19.9 Å². The Morgan fingerprint density at radius 3 is 0.723 bits per heavy atom. The molecule has 8 rings (SSSR count). The number of aromatic amines is 4. The Kier molecular flexibility index (Phi) is 14.9. The van der Waals surface area contributed by atoms with Gasteiger partial charge in [0.15, 0.2) is 0 Å². The normalized spacial score (nSPS) is 10.0. The number of pyridine rings is 4. The van der Waals surface area contributed by atoms with Gasteiger partial charge in [0.2, 0.25) is 0 Å². The fourth-order valence-electron chi connectivity index (χ4n) is 4.38. The van der Waals surface area contributed by atoms with Crippen molar-refractivity contribution in [1.29, 1.82) is 0 Å². The maximum atomic E-state index is 4.98. The Morgan fingerprint density at radius 2 is 0.511 bits per heavy atom. The van der Waals surface area contributed by atoms with Crippen LogP contribution < -0.4 is 0 Å². The molecule has 0 amide bonds. The predicted octanol–water partition coefficient (Wildman–Crippen LogP) is 13.0. The van der Waals surface area contributed by atoms with Gasteiger partial charge >= 0.3 is 33.0 Å². The number of H-pyrrole nitrogens is 4. The Balaban J connectivity index is 0.000000138. The summed E-state index contributed by atoms with van der Waals surface area (Å²) >= 11 is 20.5. The monoisotopic (exact) mass is 772 g/mol. The summed E-state index contributed by atoms with van der Waals surface area (Å²) < 4.78 is 3.12. The van der Waals surface area contributed by atoms with Crippen molar-refractivity contribution in [2.45, 2.75) is 0 Å². The van der Waals surface area contributed by atoms with E-state index in [0.717, 1.165) is 40.6 Å². The van der Waals surface area contributed by atoms with Crippen LogP contribution in [0.15, 0.2) is 146 Å². The number of hydrogen-bond acceptors (Lipinski definition) is 4. The number of hydrogen-bond donors (Lipinski definition) is 4. The molecule has 0 bridgehead atoms. The van der Waals surface area contributed by atoms with Crippen molar-refractivity contribution in [2.24, 2.45) is 0 Å². The van der Waals surface area contributed by atoms with E-state index >= 15 is 0 Å². The van der Waals surface area contributed by atoms with Crippen LogP contribution in [0.25, 0.3) is 43.6 Å². The van der Waals surface area contributed by atoms with E-state index in [2.05, 4.69) is 44.2 Å². The minimum atomic E-state index is 0.569. The second kappa shape index (κ2) is 19.3. The van der Waals surface area contributed by atoms with Crippen LogP contribution in [0.5, 0.6) is 0 Å². The minimum absolute atomic E-state index is 0.569. The molecule has 0 unspecified atom stereocenters. The Morgan fingerprint density at radius 1 is 0.319 bits per heavy atom. The van der Waals surface area contributed by atoms with E-state index in [1.807, 2.05) is 121 Å². The molecule has 4 heterocycles. The molecule has 4 N–H and O–H groups in total. The molecule has 240 valence electrons. The van der Waals surface area contributed by atoms with E-state index in [-0.39, 0.29) is 0 Å². The first kappa shape index (κ1) is 36.3. The van der Waals surface area contributed by atoms with Crippen molar-refractivity contribution in [3.63, 3.8) is 0 Å². The van der Waals surface area contributed by atoms with Gasteiger partial charge in [-0.25, -0.2) is 0 Å². The molecular formula is C36H28Cl2N4NiS4. The van der Waals surface area contributed by atoms with Gasteiger partial charge in [0.05, 0.1) is 0 Å². The molecule has 0 aliphatic heterocycles.